The van der Waals surface area contributed by atoms with Crippen LogP contribution >= 0.6 is 23.2 Å². The molecule has 0 spiro atoms. The molecule has 2 nitrogen and oxygen atoms in total. The van der Waals surface area contributed by atoms with Gasteiger partial charge < -0.3 is 5.32 Å². The van der Waals surface area contributed by atoms with E-state index in [9.17, 15) is 0 Å². The molecule has 0 radical (unpaired) electrons. The van der Waals surface area contributed by atoms with E-state index in [2.05, 4.69) is 31.0 Å². The Morgan fingerprint density at radius 2 is 2.14 bits per heavy atom. The van der Waals surface area contributed by atoms with Crippen LogP contribution in [0, 0.1) is 5.92 Å². The zero-order valence-corrected chi connectivity index (χ0v) is 14.7. The number of piperazine rings is 1. The van der Waals surface area contributed by atoms with Gasteiger partial charge in [-0.2, -0.15) is 0 Å². The van der Waals surface area contributed by atoms with Crippen LogP contribution < -0.4 is 5.32 Å². The molecular weight excluding hydrogens is 303 g/mol. The number of benzene rings is 1. The van der Waals surface area contributed by atoms with Crippen molar-refractivity contribution in [1.82, 2.24) is 10.2 Å². The van der Waals surface area contributed by atoms with E-state index in [-0.39, 0.29) is 0 Å². The molecular formula is C17H26Cl2N2. The van der Waals surface area contributed by atoms with E-state index in [0.717, 1.165) is 37.0 Å². The summed E-state index contributed by atoms with van der Waals surface area (Å²) in [4.78, 5) is 2.58. The topological polar surface area (TPSA) is 15.3 Å². The van der Waals surface area contributed by atoms with Gasteiger partial charge in [0.15, 0.2) is 0 Å². The van der Waals surface area contributed by atoms with Crippen molar-refractivity contribution in [1.29, 1.82) is 0 Å². The molecule has 0 aliphatic carbocycles. The number of nitrogens with zero attached hydrogens (tertiary/aromatic N) is 1. The smallest absolute Gasteiger partial charge is 0.0453 e. The fourth-order valence-corrected chi connectivity index (χ4v) is 3.42. The zero-order chi connectivity index (χ0) is 15.4. The summed E-state index contributed by atoms with van der Waals surface area (Å²) in [7, 11) is 0. The first-order chi connectivity index (χ1) is 10.0. The van der Waals surface area contributed by atoms with Crippen molar-refractivity contribution in [3.8, 4) is 0 Å². The Kier molecular flexibility index (Phi) is 6.36. The molecule has 1 N–H and O–H groups in total. The van der Waals surface area contributed by atoms with E-state index in [1.54, 1.807) is 0 Å². The Morgan fingerprint density at radius 3 is 2.81 bits per heavy atom. The van der Waals surface area contributed by atoms with Crippen LogP contribution in [-0.4, -0.2) is 36.6 Å². The third-order valence-electron chi connectivity index (χ3n) is 4.74. The molecule has 1 aliphatic heterocycles. The molecule has 0 saturated carbocycles. The van der Waals surface area contributed by atoms with Gasteiger partial charge >= 0.3 is 0 Å². The maximum absolute atomic E-state index is 6.27. The SMILES string of the molecule is CCC(C)C1CN(CCc2ccc(Cl)cc2Cl)C(C)CN1. The minimum Gasteiger partial charge on any atom is -0.311 e. The third-order valence-corrected chi connectivity index (χ3v) is 5.33. The summed E-state index contributed by atoms with van der Waals surface area (Å²) in [6.45, 7) is 10.1. The Bertz CT molecular complexity index is 464. The zero-order valence-electron chi connectivity index (χ0n) is 13.2. The molecule has 0 bridgehead atoms. The van der Waals surface area contributed by atoms with Gasteiger partial charge in [0.2, 0.25) is 0 Å². The largest absolute Gasteiger partial charge is 0.311 e. The molecule has 1 saturated heterocycles. The molecule has 1 heterocycles. The van der Waals surface area contributed by atoms with E-state index in [4.69, 9.17) is 23.2 Å². The van der Waals surface area contributed by atoms with Gasteiger partial charge in [-0.3, -0.25) is 4.90 Å². The summed E-state index contributed by atoms with van der Waals surface area (Å²) in [6.07, 6.45) is 2.20. The minimum atomic E-state index is 0.580. The number of rotatable bonds is 5. The second-order valence-electron chi connectivity index (χ2n) is 6.23. The molecule has 0 amide bonds. The Balaban J connectivity index is 1.94. The van der Waals surface area contributed by atoms with Crippen molar-refractivity contribution in [3.63, 3.8) is 0 Å². The van der Waals surface area contributed by atoms with E-state index in [0.29, 0.717) is 17.1 Å². The molecule has 3 atom stereocenters. The molecule has 4 heteroatoms. The highest BCUT2D eigenvalue weighted by Crippen LogP contribution is 2.22. The maximum atomic E-state index is 6.27. The molecule has 2 rings (SSSR count). The van der Waals surface area contributed by atoms with Crippen LogP contribution in [0.2, 0.25) is 10.0 Å². The van der Waals surface area contributed by atoms with E-state index in [1.165, 1.54) is 12.0 Å². The van der Waals surface area contributed by atoms with Crippen LogP contribution in [0.3, 0.4) is 0 Å². The maximum Gasteiger partial charge on any atom is 0.0453 e. The van der Waals surface area contributed by atoms with Crippen LogP contribution in [0.25, 0.3) is 0 Å². The molecule has 118 valence electrons. The van der Waals surface area contributed by atoms with Gasteiger partial charge in [-0.05, 0) is 37.0 Å². The van der Waals surface area contributed by atoms with Gasteiger partial charge in [-0.25, -0.2) is 0 Å². The predicted molar refractivity (Wildman–Crippen MR) is 92.4 cm³/mol. The number of hydrogen-bond donors (Lipinski definition) is 1. The average Bonchev–Trinajstić information content (AvgIpc) is 2.47. The summed E-state index contributed by atoms with van der Waals surface area (Å²) < 4.78 is 0. The second-order valence-corrected chi connectivity index (χ2v) is 7.07. The second kappa shape index (κ2) is 7.82. The van der Waals surface area contributed by atoms with Crippen LogP contribution in [0.1, 0.15) is 32.8 Å². The molecule has 3 unspecified atom stereocenters. The lowest BCUT2D eigenvalue weighted by atomic mass is 9.95. The number of hydrogen-bond acceptors (Lipinski definition) is 2. The highest BCUT2D eigenvalue weighted by molar-refractivity contribution is 6.35. The van der Waals surface area contributed by atoms with E-state index >= 15 is 0 Å². The fourth-order valence-electron chi connectivity index (χ4n) is 2.91. The fraction of sp³-hybridized carbons (Fsp3) is 0.647. The highest BCUT2D eigenvalue weighted by atomic mass is 35.5. The lowest BCUT2D eigenvalue weighted by Gasteiger charge is -2.41. The lowest BCUT2D eigenvalue weighted by Crippen LogP contribution is -2.57. The van der Waals surface area contributed by atoms with Crippen molar-refractivity contribution < 1.29 is 0 Å². The highest BCUT2D eigenvalue weighted by Gasteiger charge is 2.27. The van der Waals surface area contributed by atoms with Crippen molar-refractivity contribution in [2.45, 2.75) is 45.7 Å². The minimum absolute atomic E-state index is 0.580. The normalized spacial score (nSPS) is 25.0. The van der Waals surface area contributed by atoms with Crippen molar-refractivity contribution in [2.24, 2.45) is 5.92 Å². The summed E-state index contributed by atoms with van der Waals surface area (Å²) in [5.41, 5.74) is 1.19. The van der Waals surface area contributed by atoms with Crippen LogP contribution in [-0.2, 0) is 6.42 Å². The molecule has 1 aromatic carbocycles. The Morgan fingerprint density at radius 1 is 1.38 bits per heavy atom. The van der Waals surface area contributed by atoms with Gasteiger partial charge in [0.05, 0.1) is 0 Å². The van der Waals surface area contributed by atoms with Gasteiger partial charge in [0.1, 0.15) is 0 Å². The summed E-state index contributed by atoms with van der Waals surface area (Å²) in [6, 6.07) is 6.99. The van der Waals surface area contributed by atoms with Crippen LogP contribution in [0.4, 0.5) is 0 Å². The first kappa shape index (κ1) is 17.1. The summed E-state index contributed by atoms with van der Waals surface area (Å²) in [5, 5.41) is 5.17. The Hall–Kier alpha value is -0.280. The average molecular weight is 329 g/mol. The van der Waals surface area contributed by atoms with Crippen molar-refractivity contribution >= 4 is 23.2 Å². The Labute approximate surface area is 138 Å². The monoisotopic (exact) mass is 328 g/mol. The first-order valence-electron chi connectivity index (χ1n) is 7.92. The number of halogens is 2. The summed E-state index contributed by atoms with van der Waals surface area (Å²) in [5.74, 6) is 0.721. The van der Waals surface area contributed by atoms with E-state index < -0.39 is 0 Å². The predicted octanol–water partition coefficient (Wildman–Crippen LogP) is 4.24. The quantitative estimate of drug-likeness (QED) is 0.869. The van der Waals surface area contributed by atoms with Gasteiger partial charge in [-0.1, -0.05) is 49.5 Å². The van der Waals surface area contributed by atoms with Gasteiger partial charge in [0, 0.05) is 41.8 Å². The standard InChI is InChI=1S/C17H26Cl2N2/c1-4-12(2)17-11-21(13(3)10-20-17)8-7-14-5-6-15(18)9-16(14)19/h5-6,9,12-13,17,20H,4,7-8,10-11H2,1-3H3. The molecule has 0 aromatic heterocycles. The van der Waals surface area contributed by atoms with Crippen LogP contribution in [0.15, 0.2) is 18.2 Å². The summed E-state index contributed by atoms with van der Waals surface area (Å²) >= 11 is 12.2. The van der Waals surface area contributed by atoms with Crippen molar-refractivity contribution in [3.05, 3.63) is 33.8 Å². The van der Waals surface area contributed by atoms with Gasteiger partial charge in [0.25, 0.3) is 0 Å². The van der Waals surface area contributed by atoms with Crippen molar-refractivity contribution in [2.75, 3.05) is 19.6 Å². The molecule has 1 aliphatic rings. The lowest BCUT2D eigenvalue weighted by molar-refractivity contribution is 0.120. The third kappa shape index (κ3) is 4.59. The van der Waals surface area contributed by atoms with Gasteiger partial charge in [-0.15, -0.1) is 0 Å². The van der Waals surface area contributed by atoms with Crippen LogP contribution in [0.5, 0.6) is 0 Å². The molecule has 1 fully saturated rings. The number of nitrogens with one attached hydrogen (secondary N) is 1. The van der Waals surface area contributed by atoms with E-state index in [1.807, 2.05) is 18.2 Å². The molecule has 21 heavy (non-hydrogen) atoms. The molecule has 1 aromatic rings. The first-order valence-corrected chi connectivity index (χ1v) is 8.68.